The largest absolute Gasteiger partial charge is 0.378 e. The van der Waals surface area contributed by atoms with Gasteiger partial charge in [-0.3, -0.25) is 29.0 Å². The minimum absolute atomic E-state index is 0.149. The molecule has 3 aliphatic carbocycles. The van der Waals surface area contributed by atoms with E-state index in [1.165, 1.54) is 9.80 Å². The third-order valence-electron chi connectivity index (χ3n) is 11.5. The van der Waals surface area contributed by atoms with Crippen molar-refractivity contribution in [2.24, 2.45) is 34.5 Å². The van der Waals surface area contributed by atoms with Crippen molar-refractivity contribution >= 4 is 23.6 Å². The first-order chi connectivity index (χ1) is 23.9. The molecule has 8 unspecified atom stereocenters. The SMILES string of the molecule is O=C1C2C3C=CC(O3)C2C(=O)N1CCOCCOCCOCC12CC(COCCOCCOCCN3C(=O)C4C5C=CC(O5)C4C3=O)(C1)C2. The second-order valence-corrected chi connectivity index (χ2v) is 14.7. The van der Waals surface area contributed by atoms with Gasteiger partial charge in [0.25, 0.3) is 0 Å². The lowest BCUT2D eigenvalue weighted by atomic mass is 9.35. The zero-order chi connectivity index (χ0) is 33.6. The summed E-state index contributed by atoms with van der Waals surface area (Å²) in [6.07, 6.45) is 9.88. The van der Waals surface area contributed by atoms with E-state index in [2.05, 4.69) is 0 Å². The van der Waals surface area contributed by atoms with Gasteiger partial charge in [0.1, 0.15) is 0 Å². The molecule has 4 saturated heterocycles. The summed E-state index contributed by atoms with van der Waals surface area (Å²) in [5.41, 5.74) is 0.580. The molecule has 0 N–H and O–H groups in total. The van der Waals surface area contributed by atoms with Crippen LogP contribution < -0.4 is 0 Å². The smallest absolute Gasteiger partial charge is 0.236 e. The Hall–Kier alpha value is -2.56. The van der Waals surface area contributed by atoms with E-state index in [1.807, 2.05) is 24.3 Å². The minimum atomic E-state index is -0.369. The van der Waals surface area contributed by atoms with Crippen LogP contribution >= 0.6 is 0 Å². The number of nitrogens with zero attached hydrogens (tertiary/aromatic N) is 2. The molecule has 0 aromatic heterocycles. The summed E-state index contributed by atoms with van der Waals surface area (Å²) in [6.45, 7) is 6.31. The minimum Gasteiger partial charge on any atom is -0.378 e. The molecule has 6 aliphatic heterocycles. The molecule has 9 aliphatic rings. The predicted octanol–water partition coefficient (Wildman–Crippen LogP) is 0.133. The zero-order valence-electron chi connectivity index (χ0n) is 27.7. The number of carbonyl (C=O) groups is 4. The van der Waals surface area contributed by atoms with Crippen molar-refractivity contribution in [3.63, 3.8) is 0 Å². The fraction of sp³-hybridized carbons (Fsp3) is 0.771. The highest BCUT2D eigenvalue weighted by molar-refractivity contribution is 6.07. The predicted molar refractivity (Wildman–Crippen MR) is 167 cm³/mol. The van der Waals surface area contributed by atoms with E-state index in [4.69, 9.17) is 37.9 Å². The molecule has 3 saturated carbocycles. The number of carbonyl (C=O) groups excluding carboxylic acids is 4. The molecule has 4 amide bonds. The molecule has 0 aromatic rings. The summed E-state index contributed by atoms with van der Waals surface area (Å²) in [5, 5.41) is 0. The molecule has 14 nitrogen and oxygen atoms in total. The standard InChI is InChI=1S/C35H46N2O12/c38-30-26-22-1-2-23(48-22)27(26)31(39)36(30)5-7-42-9-11-44-13-15-46-20-34-17-35(18-34,19-34)21-47-16-14-45-12-10-43-8-6-37-32(40)28-24-3-4-25(49-24)29(28)33(37)41/h1-4,22-29H,5-21H2. The van der Waals surface area contributed by atoms with Crippen LogP contribution in [0.5, 0.6) is 0 Å². The fourth-order valence-corrected chi connectivity index (χ4v) is 9.48. The van der Waals surface area contributed by atoms with Crippen LogP contribution in [0.1, 0.15) is 19.3 Å². The van der Waals surface area contributed by atoms with E-state index >= 15 is 0 Å². The summed E-state index contributed by atoms with van der Waals surface area (Å²) in [7, 11) is 0. The maximum atomic E-state index is 12.6. The molecule has 0 aromatic carbocycles. The van der Waals surface area contributed by atoms with Crippen molar-refractivity contribution in [2.75, 3.05) is 92.4 Å². The maximum Gasteiger partial charge on any atom is 0.236 e. The average molecular weight is 687 g/mol. The molecule has 0 spiro atoms. The first-order valence-corrected chi connectivity index (χ1v) is 17.7. The van der Waals surface area contributed by atoms with Crippen molar-refractivity contribution in [3.8, 4) is 0 Å². The highest BCUT2D eigenvalue weighted by Crippen LogP contribution is 2.73. The lowest BCUT2D eigenvalue weighted by molar-refractivity contribution is -0.254. The zero-order valence-corrected chi connectivity index (χ0v) is 27.7. The van der Waals surface area contributed by atoms with Gasteiger partial charge in [0.05, 0.1) is 140 Å². The van der Waals surface area contributed by atoms with Crippen molar-refractivity contribution < 1.29 is 57.1 Å². The molecule has 0 radical (unpaired) electrons. The van der Waals surface area contributed by atoms with E-state index in [1.54, 1.807) is 0 Å². The van der Waals surface area contributed by atoms with Gasteiger partial charge in [-0.1, -0.05) is 24.3 Å². The Labute approximate surface area is 285 Å². The second kappa shape index (κ2) is 13.9. The molecule has 8 atom stereocenters. The first-order valence-electron chi connectivity index (χ1n) is 17.7. The Morgan fingerprint density at radius 3 is 1.08 bits per heavy atom. The summed E-state index contributed by atoms with van der Waals surface area (Å²) in [6, 6.07) is 0. The summed E-state index contributed by atoms with van der Waals surface area (Å²) < 4.78 is 45.5. The van der Waals surface area contributed by atoms with Gasteiger partial charge < -0.3 is 37.9 Å². The lowest BCUT2D eigenvalue weighted by Crippen LogP contribution is -2.65. The number of fused-ring (bicyclic) bond motifs is 10. The van der Waals surface area contributed by atoms with Crippen LogP contribution in [0, 0.1) is 34.5 Å². The average Bonchev–Trinajstić information content (AvgIpc) is 3.92. The van der Waals surface area contributed by atoms with Crippen LogP contribution in [0.2, 0.25) is 0 Å². The second-order valence-electron chi connectivity index (χ2n) is 14.7. The van der Waals surface area contributed by atoms with Crippen molar-refractivity contribution in [1.29, 1.82) is 0 Å². The van der Waals surface area contributed by atoms with Crippen LogP contribution in [-0.4, -0.2) is 150 Å². The molecule has 6 bridgehead atoms. The Kier molecular flexibility index (Phi) is 9.50. The van der Waals surface area contributed by atoms with Gasteiger partial charge in [0.2, 0.25) is 23.6 Å². The first kappa shape index (κ1) is 33.6. The summed E-state index contributed by atoms with van der Waals surface area (Å²) >= 11 is 0. The van der Waals surface area contributed by atoms with Gasteiger partial charge in [-0.25, -0.2) is 0 Å². The van der Waals surface area contributed by atoms with Crippen molar-refractivity contribution in [1.82, 2.24) is 9.80 Å². The number of imide groups is 2. The van der Waals surface area contributed by atoms with E-state index in [9.17, 15) is 19.2 Å². The van der Waals surface area contributed by atoms with Gasteiger partial charge in [0, 0.05) is 0 Å². The molecule has 49 heavy (non-hydrogen) atoms. The molecule has 7 fully saturated rings. The molecule has 14 heteroatoms. The van der Waals surface area contributed by atoms with Crippen LogP contribution in [0.15, 0.2) is 24.3 Å². The van der Waals surface area contributed by atoms with Crippen molar-refractivity contribution in [3.05, 3.63) is 24.3 Å². The van der Waals surface area contributed by atoms with Gasteiger partial charge in [-0.2, -0.15) is 0 Å². The highest BCUT2D eigenvalue weighted by Gasteiger charge is 2.67. The molecular formula is C35H46N2O12. The topological polar surface area (TPSA) is 149 Å². The van der Waals surface area contributed by atoms with Crippen LogP contribution in [0.4, 0.5) is 0 Å². The van der Waals surface area contributed by atoms with Crippen LogP contribution in [-0.2, 0) is 57.1 Å². The number of likely N-dealkylation sites (tertiary alicyclic amines) is 2. The van der Waals surface area contributed by atoms with E-state index in [-0.39, 0.29) is 95.6 Å². The number of rotatable bonds is 22. The monoisotopic (exact) mass is 686 g/mol. The van der Waals surface area contributed by atoms with E-state index in [0.717, 1.165) is 32.5 Å². The number of hydrogen-bond acceptors (Lipinski definition) is 12. The number of ether oxygens (including phenoxy) is 8. The Morgan fingerprint density at radius 2 is 0.755 bits per heavy atom. The number of amides is 4. The van der Waals surface area contributed by atoms with Crippen molar-refractivity contribution in [2.45, 2.75) is 43.7 Å². The maximum absolute atomic E-state index is 12.6. The molecule has 6 heterocycles. The molecular weight excluding hydrogens is 640 g/mol. The van der Waals surface area contributed by atoms with Gasteiger partial charge in [-0.15, -0.1) is 0 Å². The number of hydrogen-bond donors (Lipinski definition) is 0. The van der Waals surface area contributed by atoms with E-state index < -0.39 is 0 Å². The quantitative estimate of drug-likeness (QED) is 0.0867. The van der Waals surface area contributed by atoms with Crippen LogP contribution in [0.3, 0.4) is 0 Å². The fourth-order valence-electron chi connectivity index (χ4n) is 9.48. The van der Waals surface area contributed by atoms with Gasteiger partial charge >= 0.3 is 0 Å². The Balaban J connectivity index is 0.576. The third kappa shape index (κ3) is 6.22. The lowest BCUT2D eigenvalue weighted by Gasteiger charge is -2.70. The van der Waals surface area contributed by atoms with Crippen LogP contribution in [0.25, 0.3) is 0 Å². The third-order valence-corrected chi connectivity index (χ3v) is 11.5. The summed E-state index contributed by atoms with van der Waals surface area (Å²) in [5.74, 6) is -2.07. The Bertz CT molecular complexity index is 1190. The Morgan fingerprint density at radius 1 is 0.469 bits per heavy atom. The normalized spacial score (nSPS) is 38.7. The molecule has 9 rings (SSSR count). The van der Waals surface area contributed by atoms with Gasteiger partial charge in [-0.05, 0) is 30.1 Å². The molecule has 268 valence electrons. The van der Waals surface area contributed by atoms with E-state index in [0.29, 0.717) is 66.1 Å². The highest BCUT2D eigenvalue weighted by atomic mass is 16.6. The summed E-state index contributed by atoms with van der Waals surface area (Å²) in [4.78, 5) is 53.1. The van der Waals surface area contributed by atoms with Gasteiger partial charge in [0.15, 0.2) is 0 Å².